The second-order valence-electron chi connectivity index (χ2n) is 6.12. The third-order valence-electron chi connectivity index (χ3n) is 2.66. The Kier molecular flexibility index (Phi) is 8.86. The number of carbonyl (C=O) groups excluding carboxylic acids is 2. The van der Waals surface area contributed by atoms with Crippen LogP contribution in [0.4, 0.5) is 5.13 Å². The molecule has 2 N–H and O–H groups in total. The number of esters is 2. The highest BCUT2D eigenvalue weighted by molar-refractivity contribution is 7.99. The van der Waals surface area contributed by atoms with Crippen molar-refractivity contribution >= 4 is 45.9 Å². The van der Waals surface area contributed by atoms with E-state index in [1.807, 2.05) is 6.92 Å². The molecule has 1 heterocycles. The number of nitrogen functional groups attached to an aromatic ring is 1. The van der Waals surface area contributed by atoms with Crippen LogP contribution in [-0.2, 0) is 23.9 Å². The number of oxime groups is 1. The van der Waals surface area contributed by atoms with Gasteiger partial charge in [-0.25, -0.2) is 14.6 Å². The van der Waals surface area contributed by atoms with Crippen LogP contribution in [0.25, 0.3) is 0 Å². The number of carbonyl (C=O) groups is 2. The number of anilines is 1. The Bertz CT molecular complexity index is 640. The number of aromatic nitrogens is 1. The maximum atomic E-state index is 12.3. The van der Waals surface area contributed by atoms with E-state index in [4.69, 9.17) is 20.0 Å². The average molecular weight is 404 g/mol. The lowest BCUT2D eigenvalue weighted by molar-refractivity contribution is -0.167. The number of nitrogens with two attached hydrogens (primary N) is 1. The van der Waals surface area contributed by atoms with E-state index in [0.717, 1.165) is 17.1 Å². The molecule has 0 saturated heterocycles. The highest BCUT2D eigenvalue weighted by atomic mass is 32.2. The van der Waals surface area contributed by atoms with Crippen molar-refractivity contribution in [1.82, 2.24) is 4.98 Å². The van der Waals surface area contributed by atoms with E-state index in [0.29, 0.717) is 5.75 Å². The maximum absolute atomic E-state index is 12.3. The predicted octanol–water partition coefficient (Wildman–Crippen LogP) is 2.47. The Balaban J connectivity index is 2.82. The largest absolute Gasteiger partial charge is 0.460 e. The summed E-state index contributed by atoms with van der Waals surface area (Å²) >= 11 is 2.80. The second-order valence-corrected chi connectivity index (χ2v) is 8.41. The van der Waals surface area contributed by atoms with Gasteiger partial charge in [0.25, 0.3) is 0 Å². The van der Waals surface area contributed by atoms with Crippen LogP contribution in [0.1, 0.15) is 40.3 Å². The van der Waals surface area contributed by atoms with E-state index in [1.165, 1.54) is 6.92 Å². The van der Waals surface area contributed by atoms with E-state index >= 15 is 0 Å². The summed E-state index contributed by atoms with van der Waals surface area (Å²) in [6.45, 7) is 8.97. The summed E-state index contributed by atoms with van der Waals surface area (Å²) in [6.07, 6.45) is -0.997. The quantitative estimate of drug-likeness (QED) is 0.289. The lowest BCUT2D eigenvalue weighted by Gasteiger charge is -2.21. The van der Waals surface area contributed by atoms with Crippen LogP contribution < -0.4 is 5.73 Å². The molecule has 1 aromatic rings. The number of hydrogen-bond donors (Lipinski definition) is 1. The van der Waals surface area contributed by atoms with Crippen LogP contribution in [-0.4, -0.2) is 52.5 Å². The van der Waals surface area contributed by atoms with Gasteiger partial charge in [-0.1, -0.05) is 12.1 Å². The highest BCUT2D eigenvalue weighted by Gasteiger charge is 2.25. The summed E-state index contributed by atoms with van der Waals surface area (Å²) < 4.78 is 10.4. The zero-order valence-electron chi connectivity index (χ0n) is 15.6. The van der Waals surface area contributed by atoms with Crippen LogP contribution in [0.2, 0.25) is 0 Å². The van der Waals surface area contributed by atoms with Gasteiger partial charge < -0.3 is 20.0 Å². The second kappa shape index (κ2) is 10.4. The summed E-state index contributed by atoms with van der Waals surface area (Å²) in [5.74, 6) is 0.316. The molecule has 0 aliphatic heterocycles. The van der Waals surface area contributed by atoms with Crippen molar-refractivity contribution < 1.29 is 23.9 Å². The summed E-state index contributed by atoms with van der Waals surface area (Å²) in [7, 11) is 0. The third-order valence-corrected chi connectivity index (χ3v) is 4.20. The lowest BCUT2D eigenvalue weighted by Crippen LogP contribution is -2.31. The maximum Gasteiger partial charge on any atom is 0.362 e. The van der Waals surface area contributed by atoms with Crippen LogP contribution >= 0.6 is 23.1 Å². The summed E-state index contributed by atoms with van der Waals surface area (Å²) in [6, 6.07) is 0. The fourth-order valence-electron chi connectivity index (χ4n) is 1.55. The van der Waals surface area contributed by atoms with Crippen molar-refractivity contribution in [2.75, 3.05) is 23.8 Å². The van der Waals surface area contributed by atoms with Gasteiger partial charge in [-0.05, 0) is 33.4 Å². The van der Waals surface area contributed by atoms with Gasteiger partial charge in [0, 0.05) is 11.1 Å². The molecule has 26 heavy (non-hydrogen) atoms. The topological polar surface area (TPSA) is 113 Å². The van der Waals surface area contributed by atoms with Gasteiger partial charge in [-0.3, -0.25) is 0 Å². The SMILES string of the molecule is CCSCCOC(=O)/C(=N\OC(C)C(=O)OC(C)(C)C)c1csc(N)n1. The number of ether oxygens (including phenoxy) is 2. The van der Waals surface area contributed by atoms with Gasteiger partial charge in [0.1, 0.15) is 17.9 Å². The zero-order valence-corrected chi connectivity index (χ0v) is 17.2. The van der Waals surface area contributed by atoms with Crippen molar-refractivity contribution in [3.63, 3.8) is 0 Å². The van der Waals surface area contributed by atoms with Gasteiger partial charge in [0.05, 0.1) is 0 Å². The standard InChI is InChI=1S/C16H25N3O5S2/c1-6-25-8-7-22-14(21)12(11-9-26-15(17)18-11)19-24-10(2)13(20)23-16(3,4)5/h9-10H,6-8H2,1-5H3,(H2,17,18)/b19-12-. The predicted molar refractivity (Wildman–Crippen MR) is 103 cm³/mol. The minimum absolute atomic E-state index is 0.144. The molecule has 146 valence electrons. The zero-order chi connectivity index (χ0) is 19.7. The lowest BCUT2D eigenvalue weighted by atomic mass is 10.2. The normalized spacial score (nSPS) is 13.2. The van der Waals surface area contributed by atoms with Gasteiger partial charge in [0.2, 0.25) is 11.8 Å². The summed E-state index contributed by atoms with van der Waals surface area (Å²) in [4.78, 5) is 33.4. The summed E-state index contributed by atoms with van der Waals surface area (Å²) in [5, 5.41) is 5.63. The molecule has 0 bridgehead atoms. The van der Waals surface area contributed by atoms with E-state index in [2.05, 4.69) is 10.1 Å². The first kappa shape index (κ1) is 22.2. The van der Waals surface area contributed by atoms with Crippen molar-refractivity contribution in [3.8, 4) is 0 Å². The first-order valence-electron chi connectivity index (χ1n) is 8.07. The third kappa shape index (κ3) is 8.05. The number of rotatable bonds is 9. The smallest absolute Gasteiger partial charge is 0.362 e. The van der Waals surface area contributed by atoms with Gasteiger partial charge in [0.15, 0.2) is 5.13 Å². The molecule has 0 amide bonds. The van der Waals surface area contributed by atoms with Gasteiger partial charge in [-0.15, -0.1) is 11.3 Å². The molecule has 1 unspecified atom stereocenters. The van der Waals surface area contributed by atoms with Crippen LogP contribution in [0.5, 0.6) is 0 Å². The van der Waals surface area contributed by atoms with Crippen molar-refractivity contribution in [2.45, 2.75) is 46.3 Å². The Morgan fingerprint density at radius 3 is 2.65 bits per heavy atom. The number of thiazole rings is 1. The molecule has 0 aromatic carbocycles. The number of hydrogen-bond acceptors (Lipinski definition) is 10. The fourth-order valence-corrected chi connectivity index (χ4v) is 2.59. The van der Waals surface area contributed by atoms with E-state index < -0.39 is 23.6 Å². The van der Waals surface area contributed by atoms with Gasteiger partial charge in [-0.2, -0.15) is 11.8 Å². The molecule has 0 saturated carbocycles. The Morgan fingerprint density at radius 2 is 2.12 bits per heavy atom. The van der Waals surface area contributed by atoms with E-state index in [-0.39, 0.29) is 23.1 Å². The fraction of sp³-hybridized carbons (Fsp3) is 0.625. The minimum atomic E-state index is -0.997. The van der Waals surface area contributed by atoms with Crippen molar-refractivity contribution in [3.05, 3.63) is 11.1 Å². The van der Waals surface area contributed by atoms with Gasteiger partial charge >= 0.3 is 11.9 Å². The van der Waals surface area contributed by atoms with E-state index in [1.54, 1.807) is 37.9 Å². The number of thioether (sulfide) groups is 1. The van der Waals surface area contributed by atoms with Crippen molar-refractivity contribution in [2.24, 2.45) is 5.16 Å². The van der Waals surface area contributed by atoms with Crippen LogP contribution in [0.15, 0.2) is 10.5 Å². The molecule has 10 heteroatoms. The average Bonchev–Trinajstić information content (AvgIpc) is 2.96. The first-order chi connectivity index (χ1) is 12.1. The molecule has 8 nitrogen and oxygen atoms in total. The Labute approximate surface area is 161 Å². The molecule has 1 atom stereocenters. The van der Waals surface area contributed by atoms with Crippen molar-refractivity contribution in [1.29, 1.82) is 0 Å². The van der Waals surface area contributed by atoms with Crippen LogP contribution in [0.3, 0.4) is 0 Å². The molecule has 1 aromatic heterocycles. The number of nitrogens with zero attached hydrogens (tertiary/aromatic N) is 2. The van der Waals surface area contributed by atoms with Crippen LogP contribution in [0, 0.1) is 0 Å². The minimum Gasteiger partial charge on any atom is -0.460 e. The summed E-state index contributed by atoms with van der Waals surface area (Å²) in [5.41, 5.74) is 5.05. The monoisotopic (exact) mass is 403 g/mol. The first-order valence-corrected chi connectivity index (χ1v) is 10.1. The Morgan fingerprint density at radius 1 is 1.42 bits per heavy atom. The Hall–Kier alpha value is -1.81. The highest BCUT2D eigenvalue weighted by Crippen LogP contribution is 2.14. The molecule has 0 radical (unpaired) electrons. The molecule has 0 spiro atoms. The molecule has 0 aliphatic carbocycles. The molecule has 0 aliphatic rings. The molecule has 0 fully saturated rings. The molecule has 1 rings (SSSR count). The molecular formula is C16H25N3O5S2. The molecular weight excluding hydrogens is 378 g/mol. The van der Waals surface area contributed by atoms with E-state index in [9.17, 15) is 9.59 Å².